The number of nitrogens with two attached hydrogens (primary N) is 1. The third kappa shape index (κ3) is 2.45. The Morgan fingerprint density at radius 2 is 2.06 bits per heavy atom. The molecule has 0 radical (unpaired) electrons. The van der Waals surface area contributed by atoms with Crippen LogP contribution in [0.5, 0.6) is 0 Å². The van der Waals surface area contributed by atoms with Gasteiger partial charge in [0.25, 0.3) is 0 Å². The summed E-state index contributed by atoms with van der Waals surface area (Å²) in [5.74, 6) is 0. The van der Waals surface area contributed by atoms with Gasteiger partial charge in [-0.15, -0.1) is 0 Å². The summed E-state index contributed by atoms with van der Waals surface area (Å²) in [4.78, 5) is 0.384. The van der Waals surface area contributed by atoms with E-state index in [0.717, 1.165) is 22.6 Å². The molecule has 0 aliphatic rings. The Morgan fingerprint density at radius 3 is 2.65 bits per heavy atom. The van der Waals surface area contributed by atoms with E-state index in [1.807, 2.05) is 44.4 Å². The third-order valence-electron chi connectivity index (χ3n) is 2.48. The fraction of sp³-hybridized carbons (Fsp3) is 0.167. The van der Waals surface area contributed by atoms with Crippen LogP contribution in [-0.4, -0.2) is 14.8 Å². The van der Waals surface area contributed by atoms with Gasteiger partial charge < -0.3 is 11.1 Å². The van der Waals surface area contributed by atoms with E-state index in [2.05, 4.69) is 10.4 Å². The second kappa shape index (κ2) is 4.55. The highest BCUT2D eigenvalue weighted by Crippen LogP contribution is 2.22. The molecule has 2 rings (SSSR count). The molecule has 0 atom stereocenters. The normalized spacial score (nSPS) is 10.2. The van der Waals surface area contributed by atoms with Gasteiger partial charge in [0.05, 0.1) is 11.4 Å². The first-order chi connectivity index (χ1) is 8.08. The zero-order valence-electron chi connectivity index (χ0n) is 9.77. The standard InChI is InChI=1S/C12H14N4S/c1-8-11(7-16(2)15-8)14-10-6-4-3-5-9(10)12(13)17/h3-7,14H,1-2H3,(H2,13,17). The number of anilines is 2. The summed E-state index contributed by atoms with van der Waals surface area (Å²) in [6, 6.07) is 7.70. The van der Waals surface area contributed by atoms with Crippen LogP contribution in [0.15, 0.2) is 30.5 Å². The van der Waals surface area contributed by atoms with Crippen molar-refractivity contribution in [3.05, 3.63) is 41.7 Å². The van der Waals surface area contributed by atoms with Crippen molar-refractivity contribution >= 4 is 28.6 Å². The molecule has 0 fully saturated rings. The molecule has 88 valence electrons. The minimum Gasteiger partial charge on any atom is -0.389 e. The number of nitrogens with zero attached hydrogens (tertiary/aromatic N) is 2. The number of rotatable bonds is 3. The van der Waals surface area contributed by atoms with Crippen molar-refractivity contribution in [3.63, 3.8) is 0 Å². The lowest BCUT2D eigenvalue weighted by molar-refractivity contribution is 0.756. The summed E-state index contributed by atoms with van der Waals surface area (Å²) in [5.41, 5.74) is 9.31. The molecule has 0 bridgehead atoms. The molecule has 0 spiro atoms. The smallest absolute Gasteiger partial charge is 0.106 e. The summed E-state index contributed by atoms with van der Waals surface area (Å²) in [6.45, 7) is 1.95. The maximum absolute atomic E-state index is 5.68. The van der Waals surface area contributed by atoms with E-state index in [4.69, 9.17) is 18.0 Å². The van der Waals surface area contributed by atoms with Gasteiger partial charge in [0, 0.05) is 24.5 Å². The topological polar surface area (TPSA) is 55.9 Å². The molecular formula is C12H14N4S. The summed E-state index contributed by atoms with van der Waals surface area (Å²) >= 11 is 5.02. The SMILES string of the molecule is Cc1nn(C)cc1Nc1ccccc1C(N)=S. The van der Waals surface area contributed by atoms with Crippen LogP contribution in [0.2, 0.25) is 0 Å². The molecule has 1 heterocycles. The van der Waals surface area contributed by atoms with Crippen LogP contribution in [0.25, 0.3) is 0 Å². The van der Waals surface area contributed by atoms with Crippen molar-refractivity contribution in [2.45, 2.75) is 6.92 Å². The minimum absolute atomic E-state index is 0.384. The number of aromatic nitrogens is 2. The Labute approximate surface area is 105 Å². The fourth-order valence-corrected chi connectivity index (χ4v) is 1.85. The van der Waals surface area contributed by atoms with Gasteiger partial charge >= 0.3 is 0 Å². The Balaban J connectivity index is 2.36. The molecular weight excluding hydrogens is 232 g/mol. The summed E-state index contributed by atoms with van der Waals surface area (Å²) in [7, 11) is 1.89. The van der Waals surface area contributed by atoms with Gasteiger partial charge in [0.15, 0.2) is 0 Å². The van der Waals surface area contributed by atoms with Crippen LogP contribution in [0, 0.1) is 6.92 Å². The van der Waals surface area contributed by atoms with Crippen molar-refractivity contribution in [3.8, 4) is 0 Å². The van der Waals surface area contributed by atoms with Gasteiger partial charge in [0.2, 0.25) is 0 Å². The van der Waals surface area contributed by atoms with E-state index < -0.39 is 0 Å². The summed E-state index contributed by atoms with van der Waals surface area (Å²) in [5, 5.41) is 7.56. The Hall–Kier alpha value is -1.88. The second-order valence-corrected chi connectivity index (χ2v) is 4.28. The zero-order chi connectivity index (χ0) is 12.4. The van der Waals surface area contributed by atoms with Gasteiger partial charge in [-0.1, -0.05) is 24.4 Å². The molecule has 0 amide bonds. The van der Waals surface area contributed by atoms with Gasteiger partial charge in [-0.3, -0.25) is 4.68 Å². The van der Waals surface area contributed by atoms with E-state index in [0.29, 0.717) is 4.99 Å². The van der Waals surface area contributed by atoms with Gasteiger partial charge in [-0.25, -0.2) is 0 Å². The van der Waals surface area contributed by atoms with Crippen LogP contribution in [-0.2, 0) is 7.05 Å². The van der Waals surface area contributed by atoms with Crippen LogP contribution < -0.4 is 11.1 Å². The van der Waals surface area contributed by atoms with E-state index >= 15 is 0 Å². The van der Waals surface area contributed by atoms with Gasteiger partial charge in [-0.2, -0.15) is 5.10 Å². The monoisotopic (exact) mass is 246 g/mol. The maximum Gasteiger partial charge on any atom is 0.106 e. The minimum atomic E-state index is 0.384. The Kier molecular flexibility index (Phi) is 3.10. The number of benzene rings is 1. The molecule has 0 aliphatic carbocycles. The number of aryl methyl sites for hydroxylation is 2. The van der Waals surface area contributed by atoms with E-state index in [1.54, 1.807) is 4.68 Å². The van der Waals surface area contributed by atoms with Crippen LogP contribution in [0.1, 0.15) is 11.3 Å². The predicted molar refractivity (Wildman–Crippen MR) is 73.6 cm³/mol. The summed E-state index contributed by atoms with van der Waals surface area (Å²) in [6.07, 6.45) is 1.92. The van der Waals surface area contributed by atoms with E-state index in [-0.39, 0.29) is 0 Å². The third-order valence-corrected chi connectivity index (χ3v) is 2.70. The highest BCUT2D eigenvalue weighted by Gasteiger charge is 2.07. The largest absolute Gasteiger partial charge is 0.389 e. The number of nitrogens with one attached hydrogen (secondary N) is 1. The fourth-order valence-electron chi connectivity index (χ4n) is 1.67. The molecule has 0 saturated carbocycles. The van der Waals surface area contributed by atoms with Crippen molar-refractivity contribution < 1.29 is 0 Å². The molecule has 1 aromatic heterocycles. The first-order valence-corrected chi connectivity index (χ1v) is 5.65. The van der Waals surface area contributed by atoms with Crippen molar-refractivity contribution in [1.82, 2.24) is 9.78 Å². The van der Waals surface area contributed by atoms with E-state index in [1.165, 1.54) is 0 Å². The Morgan fingerprint density at radius 1 is 1.35 bits per heavy atom. The van der Waals surface area contributed by atoms with Crippen LogP contribution >= 0.6 is 12.2 Å². The number of hydrogen-bond acceptors (Lipinski definition) is 3. The molecule has 4 nitrogen and oxygen atoms in total. The molecule has 3 N–H and O–H groups in total. The lowest BCUT2D eigenvalue weighted by Gasteiger charge is -2.09. The average molecular weight is 246 g/mol. The van der Waals surface area contributed by atoms with Crippen molar-refractivity contribution in [2.24, 2.45) is 12.8 Å². The molecule has 0 saturated heterocycles. The summed E-state index contributed by atoms with van der Waals surface area (Å²) < 4.78 is 1.76. The molecule has 0 aliphatic heterocycles. The molecule has 17 heavy (non-hydrogen) atoms. The molecule has 1 aromatic carbocycles. The average Bonchev–Trinajstić information content (AvgIpc) is 2.58. The van der Waals surface area contributed by atoms with Gasteiger partial charge in [-0.05, 0) is 19.1 Å². The number of para-hydroxylation sites is 1. The highest BCUT2D eigenvalue weighted by atomic mass is 32.1. The van der Waals surface area contributed by atoms with Crippen molar-refractivity contribution in [2.75, 3.05) is 5.32 Å². The number of hydrogen-bond donors (Lipinski definition) is 2. The highest BCUT2D eigenvalue weighted by molar-refractivity contribution is 7.80. The maximum atomic E-state index is 5.68. The number of thiocarbonyl (C=S) groups is 1. The first kappa shape index (κ1) is 11.6. The first-order valence-electron chi connectivity index (χ1n) is 5.24. The molecule has 2 aromatic rings. The molecule has 0 unspecified atom stereocenters. The lowest BCUT2D eigenvalue weighted by atomic mass is 10.1. The quantitative estimate of drug-likeness (QED) is 0.814. The predicted octanol–water partition coefficient (Wildman–Crippen LogP) is 2.11. The van der Waals surface area contributed by atoms with Crippen LogP contribution in [0.3, 0.4) is 0 Å². The Bertz CT molecular complexity index is 559. The van der Waals surface area contributed by atoms with Crippen molar-refractivity contribution in [1.29, 1.82) is 0 Å². The van der Waals surface area contributed by atoms with E-state index in [9.17, 15) is 0 Å². The van der Waals surface area contributed by atoms with Crippen LogP contribution in [0.4, 0.5) is 11.4 Å². The van der Waals surface area contributed by atoms with Gasteiger partial charge in [0.1, 0.15) is 4.99 Å². The zero-order valence-corrected chi connectivity index (χ0v) is 10.6. The second-order valence-electron chi connectivity index (χ2n) is 3.84. The molecule has 5 heteroatoms. The lowest BCUT2D eigenvalue weighted by Crippen LogP contribution is -2.11.